The molecular formula is C29H25N3O4. The van der Waals surface area contributed by atoms with Gasteiger partial charge in [0.1, 0.15) is 5.76 Å². The number of fused-ring (bicyclic) bond motifs is 1. The van der Waals surface area contributed by atoms with Crippen molar-refractivity contribution >= 4 is 22.5 Å². The molecule has 0 bridgehead atoms. The molecule has 0 saturated heterocycles. The summed E-state index contributed by atoms with van der Waals surface area (Å²) in [6.45, 7) is 0.904. The topological polar surface area (TPSA) is 90.3 Å². The zero-order chi connectivity index (χ0) is 24.9. The van der Waals surface area contributed by atoms with Crippen LogP contribution < -0.4 is 5.32 Å². The second-order valence-electron chi connectivity index (χ2n) is 8.64. The first kappa shape index (κ1) is 23.1. The number of rotatable bonds is 9. The molecule has 2 heterocycles. The number of nitro groups is 1. The van der Waals surface area contributed by atoms with Crippen LogP contribution in [0.25, 0.3) is 10.9 Å². The minimum Gasteiger partial charge on any atom is -0.467 e. The summed E-state index contributed by atoms with van der Waals surface area (Å²) < 4.78 is 7.46. The summed E-state index contributed by atoms with van der Waals surface area (Å²) in [7, 11) is 0. The Morgan fingerprint density at radius 1 is 0.917 bits per heavy atom. The predicted octanol–water partition coefficient (Wildman–Crippen LogP) is 6.03. The minimum atomic E-state index is -0.509. The lowest BCUT2D eigenvalue weighted by molar-refractivity contribution is -0.385. The number of amides is 1. The quantitative estimate of drug-likeness (QED) is 0.206. The average molecular weight is 480 g/mol. The number of nitrogens with one attached hydrogen (secondary N) is 1. The first-order valence-corrected chi connectivity index (χ1v) is 11.7. The van der Waals surface area contributed by atoms with Gasteiger partial charge in [-0.15, -0.1) is 0 Å². The van der Waals surface area contributed by atoms with Crippen LogP contribution >= 0.6 is 0 Å². The van der Waals surface area contributed by atoms with Crippen LogP contribution in [0.15, 0.2) is 108 Å². The molecule has 1 amide bonds. The third-order valence-corrected chi connectivity index (χ3v) is 6.33. The first-order chi connectivity index (χ1) is 17.6. The lowest BCUT2D eigenvalue weighted by Crippen LogP contribution is -2.25. The van der Waals surface area contributed by atoms with Gasteiger partial charge in [0.2, 0.25) is 5.91 Å². The van der Waals surface area contributed by atoms with Gasteiger partial charge >= 0.3 is 0 Å². The molecule has 0 aliphatic rings. The highest BCUT2D eigenvalue weighted by Crippen LogP contribution is 2.38. The largest absolute Gasteiger partial charge is 0.467 e. The molecule has 7 nitrogen and oxygen atoms in total. The van der Waals surface area contributed by atoms with E-state index in [4.69, 9.17) is 4.42 Å². The predicted molar refractivity (Wildman–Crippen MR) is 138 cm³/mol. The summed E-state index contributed by atoms with van der Waals surface area (Å²) in [5, 5.41) is 15.8. The van der Waals surface area contributed by atoms with Crippen molar-refractivity contribution < 1.29 is 14.1 Å². The maximum absolute atomic E-state index is 13.1. The van der Waals surface area contributed by atoms with Gasteiger partial charge in [-0.05, 0) is 29.3 Å². The molecule has 1 atom stereocenters. The number of para-hydroxylation sites is 2. The van der Waals surface area contributed by atoms with E-state index in [0.717, 1.165) is 22.0 Å². The number of hydrogen-bond donors (Lipinski definition) is 1. The number of nitro benzene ring substituents is 1. The Hall–Kier alpha value is -4.65. The lowest BCUT2D eigenvalue weighted by Gasteiger charge is -2.17. The molecule has 2 aromatic heterocycles. The van der Waals surface area contributed by atoms with E-state index < -0.39 is 5.92 Å². The van der Waals surface area contributed by atoms with E-state index in [9.17, 15) is 14.9 Å². The van der Waals surface area contributed by atoms with Crippen molar-refractivity contribution in [3.63, 3.8) is 0 Å². The van der Waals surface area contributed by atoms with E-state index in [0.29, 0.717) is 17.9 Å². The van der Waals surface area contributed by atoms with Crippen molar-refractivity contribution in [1.82, 2.24) is 9.88 Å². The Labute approximate surface area is 208 Å². The number of furan rings is 1. The number of aromatic nitrogens is 1. The smallest absolute Gasteiger partial charge is 0.273 e. The van der Waals surface area contributed by atoms with Crippen molar-refractivity contribution in [1.29, 1.82) is 0 Å². The van der Waals surface area contributed by atoms with Gasteiger partial charge < -0.3 is 14.3 Å². The fraction of sp³-hybridized carbons (Fsp3) is 0.138. The molecule has 1 N–H and O–H groups in total. The van der Waals surface area contributed by atoms with Gasteiger partial charge in [0.05, 0.1) is 17.7 Å². The molecule has 0 fully saturated rings. The Bertz CT molecular complexity index is 1490. The van der Waals surface area contributed by atoms with Crippen LogP contribution in [0, 0.1) is 10.1 Å². The Morgan fingerprint density at radius 3 is 2.44 bits per heavy atom. The van der Waals surface area contributed by atoms with E-state index in [1.807, 2.05) is 48.7 Å². The van der Waals surface area contributed by atoms with Crippen molar-refractivity contribution in [3.05, 3.63) is 136 Å². The van der Waals surface area contributed by atoms with E-state index in [2.05, 4.69) is 22.0 Å². The van der Waals surface area contributed by atoms with E-state index >= 15 is 0 Å². The van der Waals surface area contributed by atoms with Gasteiger partial charge in [-0.2, -0.15) is 0 Å². The standard InChI is InChI=1S/C29H25N3O4/c33-29(30-18-22-11-8-16-36-22)17-25(23-12-5-7-15-28(23)32(34)35)26-20-31(19-21-9-2-1-3-10-21)27-14-6-4-13-24(26)27/h1-16,20,25H,17-19H2,(H,30,33)/t25-/m1/s1. The van der Waals surface area contributed by atoms with Crippen LogP contribution in [0.5, 0.6) is 0 Å². The minimum absolute atomic E-state index is 0.00113. The van der Waals surface area contributed by atoms with Gasteiger partial charge in [-0.3, -0.25) is 14.9 Å². The normalized spacial score (nSPS) is 11.9. The highest BCUT2D eigenvalue weighted by molar-refractivity contribution is 5.87. The molecule has 0 aliphatic carbocycles. The summed E-state index contributed by atoms with van der Waals surface area (Å²) in [4.78, 5) is 24.6. The zero-order valence-electron chi connectivity index (χ0n) is 19.5. The van der Waals surface area contributed by atoms with Gasteiger partial charge in [0.25, 0.3) is 5.69 Å². The van der Waals surface area contributed by atoms with Crippen LogP contribution in [0.1, 0.15) is 34.8 Å². The molecule has 0 saturated carbocycles. The van der Waals surface area contributed by atoms with E-state index in [1.165, 1.54) is 6.07 Å². The highest BCUT2D eigenvalue weighted by Gasteiger charge is 2.28. The van der Waals surface area contributed by atoms with Gasteiger partial charge in [0, 0.05) is 47.6 Å². The van der Waals surface area contributed by atoms with Crippen molar-refractivity contribution in [2.45, 2.75) is 25.4 Å². The summed E-state index contributed by atoms with van der Waals surface area (Å²) in [5.41, 5.74) is 3.54. The summed E-state index contributed by atoms with van der Waals surface area (Å²) in [5.74, 6) is -0.0791. The van der Waals surface area contributed by atoms with E-state index in [-0.39, 0.29) is 29.5 Å². The molecule has 0 aliphatic heterocycles. The molecule has 7 heteroatoms. The van der Waals surface area contributed by atoms with Crippen LogP contribution in [0.3, 0.4) is 0 Å². The average Bonchev–Trinajstić information content (AvgIpc) is 3.55. The van der Waals surface area contributed by atoms with E-state index in [1.54, 1.807) is 36.6 Å². The Morgan fingerprint density at radius 2 is 1.67 bits per heavy atom. The number of nitrogens with zero attached hydrogens (tertiary/aromatic N) is 2. The molecule has 3 aromatic carbocycles. The Balaban J connectivity index is 1.56. The summed E-state index contributed by atoms with van der Waals surface area (Å²) >= 11 is 0. The third-order valence-electron chi connectivity index (χ3n) is 6.33. The van der Waals surface area contributed by atoms with Gasteiger partial charge in [-0.25, -0.2) is 0 Å². The van der Waals surface area contributed by atoms with Crippen LogP contribution in [0.2, 0.25) is 0 Å². The first-order valence-electron chi connectivity index (χ1n) is 11.7. The fourth-order valence-corrected chi connectivity index (χ4v) is 4.66. The molecular weight excluding hydrogens is 454 g/mol. The second-order valence-corrected chi connectivity index (χ2v) is 8.64. The van der Waals surface area contributed by atoms with Crippen molar-refractivity contribution in [3.8, 4) is 0 Å². The van der Waals surface area contributed by atoms with Gasteiger partial charge in [0.15, 0.2) is 0 Å². The summed E-state index contributed by atoms with van der Waals surface area (Å²) in [6.07, 6.45) is 3.64. The van der Waals surface area contributed by atoms with Crippen LogP contribution in [0.4, 0.5) is 5.69 Å². The maximum Gasteiger partial charge on any atom is 0.273 e. The zero-order valence-corrected chi connectivity index (χ0v) is 19.5. The molecule has 0 radical (unpaired) electrons. The monoisotopic (exact) mass is 479 g/mol. The molecule has 5 aromatic rings. The Kier molecular flexibility index (Phi) is 6.62. The summed E-state index contributed by atoms with van der Waals surface area (Å²) in [6, 6.07) is 28.3. The number of benzene rings is 3. The number of hydrogen-bond acceptors (Lipinski definition) is 4. The number of carbonyl (C=O) groups excluding carboxylic acids is 1. The molecule has 36 heavy (non-hydrogen) atoms. The third kappa shape index (κ3) is 4.90. The van der Waals surface area contributed by atoms with Crippen molar-refractivity contribution in [2.24, 2.45) is 0 Å². The van der Waals surface area contributed by atoms with Crippen LogP contribution in [-0.4, -0.2) is 15.4 Å². The molecule has 0 spiro atoms. The van der Waals surface area contributed by atoms with Crippen molar-refractivity contribution in [2.75, 3.05) is 0 Å². The van der Waals surface area contributed by atoms with Crippen LogP contribution in [-0.2, 0) is 17.9 Å². The number of carbonyl (C=O) groups is 1. The van der Waals surface area contributed by atoms with Gasteiger partial charge in [-0.1, -0.05) is 66.7 Å². The molecule has 180 valence electrons. The highest BCUT2D eigenvalue weighted by atomic mass is 16.6. The fourth-order valence-electron chi connectivity index (χ4n) is 4.66. The maximum atomic E-state index is 13.1. The SMILES string of the molecule is O=C(C[C@H](c1ccccc1[N+](=O)[O-])c1cn(Cc2ccccc2)c2ccccc12)NCc1ccco1. The second kappa shape index (κ2) is 10.3. The molecule has 0 unspecified atom stereocenters. The lowest BCUT2D eigenvalue weighted by atomic mass is 9.87. The molecule has 5 rings (SSSR count).